The quantitative estimate of drug-likeness (QED) is 0.761. The Balaban J connectivity index is 3.49. The second kappa shape index (κ2) is 3.41. The maximum absolute atomic E-state index is 12.2. The summed E-state index contributed by atoms with van der Waals surface area (Å²) in [5, 5.41) is 0. The van der Waals surface area contributed by atoms with Crippen molar-refractivity contribution < 1.29 is 21.6 Å². The zero-order valence-electron chi connectivity index (χ0n) is 7.67. The fourth-order valence-corrected chi connectivity index (χ4v) is 2.08. The van der Waals surface area contributed by atoms with Gasteiger partial charge in [-0.15, -0.1) is 0 Å². The molecule has 0 atom stereocenters. The van der Waals surface area contributed by atoms with Crippen LogP contribution in [0, 0.1) is 6.92 Å². The second-order valence-corrected chi connectivity index (χ2v) is 4.83. The van der Waals surface area contributed by atoms with Gasteiger partial charge in [0.2, 0.25) is 0 Å². The Bertz CT molecular complexity index is 479. The Morgan fingerprint density at radius 2 is 1.80 bits per heavy atom. The molecular formula is C8H8F3NO2S. The molecule has 15 heavy (non-hydrogen) atoms. The minimum Gasteiger partial charge on any atom is -0.398 e. The summed E-state index contributed by atoms with van der Waals surface area (Å²) in [5.74, 6) is 0. The van der Waals surface area contributed by atoms with Gasteiger partial charge in [-0.1, -0.05) is 6.07 Å². The van der Waals surface area contributed by atoms with Gasteiger partial charge in [-0.25, -0.2) is 8.42 Å². The minimum atomic E-state index is -5.31. The Hall–Kier alpha value is -1.24. The fourth-order valence-electron chi connectivity index (χ4n) is 1.05. The highest BCUT2D eigenvalue weighted by Gasteiger charge is 2.47. The van der Waals surface area contributed by atoms with Gasteiger partial charge in [-0.2, -0.15) is 13.2 Å². The first-order valence-corrected chi connectivity index (χ1v) is 5.32. The summed E-state index contributed by atoms with van der Waals surface area (Å²) < 4.78 is 58.7. The van der Waals surface area contributed by atoms with Gasteiger partial charge in [0.1, 0.15) is 0 Å². The molecule has 1 aromatic rings. The maximum atomic E-state index is 12.2. The number of benzene rings is 1. The number of anilines is 1. The summed E-state index contributed by atoms with van der Waals surface area (Å²) in [6.45, 7) is 1.23. The summed E-state index contributed by atoms with van der Waals surface area (Å²) in [6.07, 6.45) is 0. The Kier molecular flexibility index (Phi) is 2.69. The van der Waals surface area contributed by atoms with Crippen LogP contribution in [0.2, 0.25) is 0 Å². The fraction of sp³-hybridized carbons (Fsp3) is 0.250. The van der Waals surface area contributed by atoms with Gasteiger partial charge in [-0.3, -0.25) is 0 Å². The topological polar surface area (TPSA) is 60.2 Å². The first-order valence-electron chi connectivity index (χ1n) is 3.84. The lowest BCUT2D eigenvalue weighted by atomic mass is 10.2. The predicted octanol–water partition coefficient (Wildman–Crippen LogP) is 1.87. The number of sulfone groups is 1. The van der Waals surface area contributed by atoms with Crippen LogP contribution in [-0.4, -0.2) is 13.9 Å². The Labute approximate surface area is 84.6 Å². The number of alkyl halides is 3. The van der Waals surface area contributed by atoms with E-state index in [0.717, 1.165) is 6.07 Å². The van der Waals surface area contributed by atoms with E-state index in [4.69, 9.17) is 5.73 Å². The molecule has 0 aliphatic carbocycles. The van der Waals surface area contributed by atoms with Crippen molar-refractivity contribution in [2.75, 3.05) is 5.73 Å². The van der Waals surface area contributed by atoms with Crippen LogP contribution < -0.4 is 5.73 Å². The van der Waals surface area contributed by atoms with E-state index in [9.17, 15) is 21.6 Å². The summed E-state index contributed by atoms with van der Waals surface area (Å²) in [7, 11) is -5.31. The molecule has 0 spiro atoms. The summed E-state index contributed by atoms with van der Waals surface area (Å²) in [4.78, 5) is -0.796. The van der Waals surface area contributed by atoms with Crippen LogP contribution in [0.25, 0.3) is 0 Å². The highest BCUT2D eigenvalue weighted by Crippen LogP contribution is 2.33. The molecule has 2 N–H and O–H groups in total. The first kappa shape index (κ1) is 11.8. The third-order valence-electron chi connectivity index (χ3n) is 1.92. The molecule has 0 radical (unpaired) electrons. The summed E-state index contributed by atoms with van der Waals surface area (Å²) in [5.41, 5.74) is -0.0452. The van der Waals surface area contributed by atoms with Crippen molar-refractivity contribution >= 4 is 15.5 Å². The standard InChI is InChI=1S/C8H8F3NO2S/c1-5-6(12)3-2-4-7(5)15(13,14)8(9,10)11/h2-4H,12H2,1H3. The average Bonchev–Trinajstić information content (AvgIpc) is 2.07. The zero-order valence-corrected chi connectivity index (χ0v) is 8.48. The minimum absolute atomic E-state index is 0.0142. The maximum Gasteiger partial charge on any atom is 0.501 e. The monoisotopic (exact) mass is 239 g/mol. The Morgan fingerprint density at radius 3 is 2.27 bits per heavy atom. The van der Waals surface area contributed by atoms with Gasteiger partial charge in [0.25, 0.3) is 9.84 Å². The molecule has 0 amide bonds. The number of rotatable bonds is 1. The van der Waals surface area contributed by atoms with E-state index >= 15 is 0 Å². The van der Waals surface area contributed by atoms with Gasteiger partial charge in [0.15, 0.2) is 0 Å². The summed E-state index contributed by atoms with van der Waals surface area (Å²) in [6, 6.07) is 3.39. The molecular weight excluding hydrogens is 231 g/mol. The van der Waals surface area contributed by atoms with Crippen molar-refractivity contribution in [3.63, 3.8) is 0 Å². The third-order valence-corrected chi connectivity index (χ3v) is 3.55. The highest BCUT2D eigenvalue weighted by atomic mass is 32.2. The van der Waals surface area contributed by atoms with E-state index in [0.29, 0.717) is 0 Å². The number of nitrogens with two attached hydrogens (primary N) is 1. The van der Waals surface area contributed by atoms with Crippen LogP contribution in [0.1, 0.15) is 5.56 Å². The molecule has 1 aromatic carbocycles. The summed E-state index contributed by atoms with van der Waals surface area (Å²) >= 11 is 0. The molecule has 0 saturated heterocycles. The smallest absolute Gasteiger partial charge is 0.398 e. The van der Waals surface area contributed by atoms with Crippen molar-refractivity contribution in [1.29, 1.82) is 0 Å². The molecule has 0 bridgehead atoms. The van der Waals surface area contributed by atoms with E-state index in [1.807, 2.05) is 0 Å². The first-order chi connectivity index (χ1) is 6.68. The number of nitrogen functional groups attached to an aromatic ring is 1. The van der Waals surface area contributed by atoms with Gasteiger partial charge in [0, 0.05) is 5.69 Å². The van der Waals surface area contributed by atoms with E-state index in [1.54, 1.807) is 0 Å². The van der Waals surface area contributed by atoms with Crippen LogP contribution in [0.15, 0.2) is 23.1 Å². The van der Waals surface area contributed by atoms with E-state index in [-0.39, 0.29) is 11.3 Å². The molecule has 3 nitrogen and oxygen atoms in total. The van der Waals surface area contributed by atoms with Crippen molar-refractivity contribution in [1.82, 2.24) is 0 Å². The molecule has 0 aliphatic rings. The largest absolute Gasteiger partial charge is 0.501 e. The van der Waals surface area contributed by atoms with E-state index < -0.39 is 20.2 Å². The number of hydrogen-bond donors (Lipinski definition) is 1. The predicted molar refractivity (Wildman–Crippen MR) is 48.8 cm³/mol. The molecule has 0 fully saturated rings. The van der Waals surface area contributed by atoms with Crippen molar-refractivity contribution in [2.24, 2.45) is 0 Å². The van der Waals surface area contributed by atoms with Crippen molar-refractivity contribution in [2.45, 2.75) is 17.3 Å². The Morgan fingerprint density at radius 1 is 1.27 bits per heavy atom. The molecule has 0 aromatic heterocycles. The lowest BCUT2D eigenvalue weighted by Gasteiger charge is -2.11. The molecule has 1 rings (SSSR count). The van der Waals surface area contributed by atoms with Crippen LogP contribution in [0.5, 0.6) is 0 Å². The highest BCUT2D eigenvalue weighted by molar-refractivity contribution is 7.92. The molecule has 84 valence electrons. The van der Waals surface area contributed by atoms with Gasteiger partial charge in [0.05, 0.1) is 4.90 Å². The van der Waals surface area contributed by atoms with Crippen LogP contribution in [0.4, 0.5) is 18.9 Å². The van der Waals surface area contributed by atoms with Crippen molar-refractivity contribution in [3.05, 3.63) is 23.8 Å². The van der Waals surface area contributed by atoms with Crippen LogP contribution >= 0.6 is 0 Å². The van der Waals surface area contributed by atoms with E-state index in [1.165, 1.54) is 19.1 Å². The number of hydrogen-bond acceptors (Lipinski definition) is 3. The normalized spacial score (nSPS) is 12.8. The molecule has 0 heterocycles. The third kappa shape index (κ3) is 1.92. The van der Waals surface area contributed by atoms with Crippen LogP contribution in [-0.2, 0) is 9.84 Å². The van der Waals surface area contributed by atoms with Gasteiger partial charge < -0.3 is 5.73 Å². The second-order valence-electron chi connectivity index (χ2n) is 2.92. The zero-order chi connectivity index (χ0) is 11.9. The van der Waals surface area contributed by atoms with Gasteiger partial charge >= 0.3 is 5.51 Å². The lowest BCUT2D eigenvalue weighted by Crippen LogP contribution is -2.24. The van der Waals surface area contributed by atoms with Crippen LogP contribution in [0.3, 0.4) is 0 Å². The van der Waals surface area contributed by atoms with E-state index in [2.05, 4.69) is 0 Å². The molecule has 0 saturated carbocycles. The lowest BCUT2D eigenvalue weighted by molar-refractivity contribution is -0.0436. The number of halogens is 3. The molecule has 0 unspecified atom stereocenters. The SMILES string of the molecule is Cc1c(N)cccc1S(=O)(=O)C(F)(F)F. The van der Waals surface area contributed by atoms with Gasteiger partial charge in [-0.05, 0) is 24.6 Å². The van der Waals surface area contributed by atoms with Crippen molar-refractivity contribution in [3.8, 4) is 0 Å². The average molecular weight is 239 g/mol. The molecule has 7 heteroatoms. The molecule has 0 aliphatic heterocycles.